The second-order valence-electron chi connectivity index (χ2n) is 3.52. The van der Waals surface area contributed by atoms with Gasteiger partial charge in [0.2, 0.25) is 0 Å². The number of aromatic nitrogens is 1. The molecular formula is C13H16N2. The third-order valence-electron chi connectivity index (χ3n) is 2.73. The lowest BCUT2D eigenvalue weighted by Crippen LogP contribution is -2.21. The summed E-state index contributed by atoms with van der Waals surface area (Å²) in [5, 5.41) is 1.24. The molecule has 1 aromatic carbocycles. The monoisotopic (exact) mass is 200 g/mol. The maximum atomic E-state index is 4.37. The smallest absolute Gasteiger partial charge is 0.0722 e. The van der Waals surface area contributed by atoms with E-state index in [-0.39, 0.29) is 0 Å². The predicted molar refractivity (Wildman–Crippen MR) is 65.3 cm³/mol. The molecule has 2 aromatic rings. The van der Waals surface area contributed by atoms with Crippen molar-refractivity contribution >= 4 is 16.6 Å². The number of hydrogen-bond acceptors (Lipinski definition) is 2. The highest BCUT2D eigenvalue weighted by Crippen LogP contribution is 2.24. The van der Waals surface area contributed by atoms with Crippen LogP contribution in [0, 0.1) is 0 Å². The maximum absolute atomic E-state index is 4.37. The first-order valence-electron chi connectivity index (χ1n) is 5.45. The van der Waals surface area contributed by atoms with Gasteiger partial charge in [-0.25, -0.2) is 0 Å². The Kier molecular flexibility index (Phi) is 2.86. The predicted octanol–water partition coefficient (Wildman–Crippen LogP) is 3.08. The third-order valence-corrected chi connectivity index (χ3v) is 2.73. The Labute approximate surface area is 90.6 Å². The molecule has 0 saturated carbocycles. The molecule has 0 saturated heterocycles. The van der Waals surface area contributed by atoms with Crippen LogP contribution in [0.5, 0.6) is 0 Å². The van der Waals surface area contributed by atoms with Gasteiger partial charge < -0.3 is 4.90 Å². The molecule has 0 N–H and O–H groups in total. The molecule has 2 rings (SSSR count). The molecule has 0 bridgehead atoms. The van der Waals surface area contributed by atoms with Crippen LogP contribution >= 0.6 is 0 Å². The molecule has 1 aromatic heterocycles. The van der Waals surface area contributed by atoms with Crippen molar-refractivity contribution in [2.24, 2.45) is 0 Å². The minimum absolute atomic E-state index is 1.03. The maximum Gasteiger partial charge on any atom is 0.0722 e. The average molecular weight is 200 g/mol. The van der Waals surface area contributed by atoms with Gasteiger partial charge in [0.15, 0.2) is 0 Å². The van der Waals surface area contributed by atoms with E-state index < -0.39 is 0 Å². The van der Waals surface area contributed by atoms with E-state index >= 15 is 0 Å². The minimum Gasteiger partial charge on any atom is -0.372 e. The highest BCUT2D eigenvalue weighted by molar-refractivity contribution is 5.91. The molecule has 0 aliphatic rings. The SMILES string of the molecule is CCN(CC)c1cccc2ncccc12. The fourth-order valence-electron chi connectivity index (χ4n) is 1.93. The van der Waals surface area contributed by atoms with Gasteiger partial charge in [-0.3, -0.25) is 4.98 Å². The molecule has 0 unspecified atom stereocenters. The quantitative estimate of drug-likeness (QED) is 0.757. The van der Waals surface area contributed by atoms with Crippen molar-refractivity contribution in [2.75, 3.05) is 18.0 Å². The fraction of sp³-hybridized carbons (Fsp3) is 0.308. The van der Waals surface area contributed by atoms with Crippen LogP contribution in [0.15, 0.2) is 36.5 Å². The van der Waals surface area contributed by atoms with E-state index in [4.69, 9.17) is 0 Å². The standard InChI is InChI=1S/C13H16N2/c1-3-15(4-2)13-9-5-8-12-11(13)7-6-10-14-12/h5-10H,3-4H2,1-2H3. The van der Waals surface area contributed by atoms with Gasteiger partial charge in [-0.1, -0.05) is 6.07 Å². The molecule has 0 aliphatic heterocycles. The lowest BCUT2D eigenvalue weighted by molar-refractivity contribution is 0.870. The van der Waals surface area contributed by atoms with Crippen LogP contribution in [0.25, 0.3) is 10.9 Å². The molecule has 2 nitrogen and oxygen atoms in total. The Morgan fingerprint density at radius 2 is 1.87 bits per heavy atom. The van der Waals surface area contributed by atoms with Crippen molar-refractivity contribution in [1.82, 2.24) is 4.98 Å². The van der Waals surface area contributed by atoms with Crippen LogP contribution in [0.3, 0.4) is 0 Å². The second kappa shape index (κ2) is 4.30. The Balaban J connectivity index is 2.59. The van der Waals surface area contributed by atoms with Gasteiger partial charge in [0, 0.05) is 30.4 Å². The number of benzene rings is 1. The number of hydrogen-bond donors (Lipinski definition) is 0. The summed E-state index contributed by atoms with van der Waals surface area (Å²) in [6.07, 6.45) is 1.84. The fourth-order valence-corrected chi connectivity index (χ4v) is 1.93. The zero-order valence-electron chi connectivity index (χ0n) is 9.27. The molecule has 0 aliphatic carbocycles. The number of rotatable bonds is 3. The van der Waals surface area contributed by atoms with Crippen LogP contribution in [0.4, 0.5) is 5.69 Å². The van der Waals surface area contributed by atoms with Crippen LogP contribution in [0.2, 0.25) is 0 Å². The Morgan fingerprint density at radius 1 is 1.07 bits per heavy atom. The molecule has 0 amide bonds. The Hall–Kier alpha value is -1.57. The molecule has 1 heterocycles. The number of fused-ring (bicyclic) bond motifs is 1. The van der Waals surface area contributed by atoms with Gasteiger partial charge >= 0.3 is 0 Å². The van der Waals surface area contributed by atoms with Crippen LogP contribution in [-0.2, 0) is 0 Å². The molecular weight excluding hydrogens is 184 g/mol. The zero-order chi connectivity index (χ0) is 10.7. The van der Waals surface area contributed by atoms with Gasteiger partial charge in [-0.2, -0.15) is 0 Å². The highest BCUT2D eigenvalue weighted by Gasteiger charge is 2.05. The highest BCUT2D eigenvalue weighted by atomic mass is 15.1. The lowest BCUT2D eigenvalue weighted by atomic mass is 10.1. The summed E-state index contributed by atoms with van der Waals surface area (Å²) in [6.45, 7) is 6.42. The molecule has 0 fully saturated rings. The Bertz CT molecular complexity index is 442. The largest absolute Gasteiger partial charge is 0.372 e. The summed E-state index contributed by atoms with van der Waals surface area (Å²) in [4.78, 5) is 6.72. The van der Waals surface area contributed by atoms with Gasteiger partial charge in [0.1, 0.15) is 0 Å². The zero-order valence-corrected chi connectivity index (χ0v) is 9.27. The average Bonchev–Trinajstić information content (AvgIpc) is 2.31. The van der Waals surface area contributed by atoms with E-state index in [2.05, 4.69) is 48.0 Å². The summed E-state index contributed by atoms with van der Waals surface area (Å²) >= 11 is 0. The summed E-state index contributed by atoms with van der Waals surface area (Å²) in [7, 11) is 0. The van der Waals surface area contributed by atoms with E-state index in [0.717, 1.165) is 18.6 Å². The number of nitrogens with zero attached hydrogens (tertiary/aromatic N) is 2. The second-order valence-corrected chi connectivity index (χ2v) is 3.52. The van der Waals surface area contributed by atoms with Crippen LogP contribution < -0.4 is 4.90 Å². The number of pyridine rings is 1. The third kappa shape index (κ3) is 1.80. The molecule has 2 heteroatoms. The van der Waals surface area contributed by atoms with E-state index in [0.29, 0.717) is 0 Å². The first-order chi connectivity index (χ1) is 7.36. The normalized spacial score (nSPS) is 10.5. The first kappa shape index (κ1) is 9.97. The summed E-state index contributed by atoms with van der Waals surface area (Å²) < 4.78 is 0. The van der Waals surface area contributed by atoms with Crippen molar-refractivity contribution in [3.63, 3.8) is 0 Å². The summed E-state index contributed by atoms with van der Waals surface area (Å²) in [5.41, 5.74) is 2.35. The molecule has 15 heavy (non-hydrogen) atoms. The van der Waals surface area contributed by atoms with E-state index in [1.165, 1.54) is 11.1 Å². The van der Waals surface area contributed by atoms with Crippen molar-refractivity contribution in [3.8, 4) is 0 Å². The molecule has 0 radical (unpaired) electrons. The van der Waals surface area contributed by atoms with Crippen LogP contribution in [0.1, 0.15) is 13.8 Å². The molecule has 78 valence electrons. The van der Waals surface area contributed by atoms with E-state index in [1.54, 1.807) is 0 Å². The van der Waals surface area contributed by atoms with Crippen molar-refractivity contribution in [2.45, 2.75) is 13.8 Å². The summed E-state index contributed by atoms with van der Waals surface area (Å²) in [5.74, 6) is 0. The molecule has 0 atom stereocenters. The molecule has 0 spiro atoms. The van der Waals surface area contributed by atoms with Gasteiger partial charge in [0.05, 0.1) is 5.52 Å². The van der Waals surface area contributed by atoms with E-state index in [1.807, 2.05) is 12.3 Å². The topological polar surface area (TPSA) is 16.1 Å². The van der Waals surface area contributed by atoms with Crippen LogP contribution in [-0.4, -0.2) is 18.1 Å². The lowest BCUT2D eigenvalue weighted by Gasteiger charge is -2.22. The van der Waals surface area contributed by atoms with Gasteiger partial charge in [-0.15, -0.1) is 0 Å². The number of anilines is 1. The van der Waals surface area contributed by atoms with Crippen molar-refractivity contribution < 1.29 is 0 Å². The van der Waals surface area contributed by atoms with Crippen molar-refractivity contribution in [1.29, 1.82) is 0 Å². The van der Waals surface area contributed by atoms with Gasteiger partial charge in [-0.05, 0) is 38.1 Å². The minimum atomic E-state index is 1.03. The van der Waals surface area contributed by atoms with Crippen molar-refractivity contribution in [3.05, 3.63) is 36.5 Å². The summed E-state index contributed by atoms with van der Waals surface area (Å²) in [6, 6.07) is 10.4. The van der Waals surface area contributed by atoms with E-state index in [9.17, 15) is 0 Å². The van der Waals surface area contributed by atoms with Gasteiger partial charge in [0.25, 0.3) is 0 Å². The Morgan fingerprint density at radius 3 is 2.60 bits per heavy atom. The first-order valence-corrected chi connectivity index (χ1v) is 5.45.